The average molecular weight is 526 g/mol. The van der Waals surface area contributed by atoms with Gasteiger partial charge in [-0.2, -0.15) is 0 Å². The molecule has 6 heteroatoms. The van der Waals surface area contributed by atoms with Crippen LogP contribution in [0.1, 0.15) is 41.7 Å². The summed E-state index contributed by atoms with van der Waals surface area (Å²) in [5.41, 5.74) is 4.93. The van der Waals surface area contributed by atoms with Gasteiger partial charge in [-0.25, -0.2) is 0 Å². The van der Waals surface area contributed by atoms with Crippen LogP contribution in [0.4, 0.5) is 0 Å². The van der Waals surface area contributed by atoms with E-state index in [1.54, 1.807) is 17.0 Å². The molecule has 0 radical (unpaired) electrons. The molecule has 0 saturated heterocycles. The number of rotatable bonds is 10. The second-order valence-electron chi connectivity index (χ2n) is 9.70. The Bertz CT molecular complexity index is 1190. The lowest BCUT2D eigenvalue weighted by molar-refractivity contribution is -0.140. The second kappa shape index (κ2) is 12.9. The summed E-state index contributed by atoms with van der Waals surface area (Å²) in [6.07, 6.45) is 0.587. The van der Waals surface area contributed by atoms with Gasteiger partial charge in [-0.1, -0.05) is 91.6 Å². The number of halogens is 2. The quantitative estimate of drug-likeness (QED) is 0.326. The summed E-state index contributed by atoms with van der Waals surface area (Å²) in [4.78, 5) is 29.0. The third kappa shape index (κ3) is 7.84. The van der Waals surface area contributed by atoms with Crippen molar-refractivity contribution in [3.63, 3.8) is 0 Å². The number of nitrogens with zero attached hydrogens (tertiary/aromatic N) is 1. The second-order valence-corrected chi connectivity index (χ2v) is 10.5. The fourth-order valence-electron chi connectivity index (χ4n) is 4.00. The van der Waals surface area contributed by atoms with E-state index >= 15 is 0 Å². The van der Waals surface area contributed by atoms with Gasteiger partial charge in [0.1, 0.15) is 6.04 Å². The molecule has 1 N–H and O–H groups in total. The fourth-order valence-corrected chi connectivity index (χ4v) is 4.47. The normalized spacial score (nSPS) is 11.9. The van der Waals surface area contributed by atoms with E-state index in [4.69, 9.17) is 23.2 Å². The molecule has 190 valence electrons. The van der Waals surface area contributed by atoms with E-state index < -0.39 is 6.04 Å². The van der Waals surface area contributed by atoms with E-state index in [1.807, 2.05) is 82.3 Å². The van der Waals surface area contributed by atoms with Gasteiger partial charge in [0, 0.05) is 29.6 Å². The minimum Gasteiger partial charge on any atom is -0.354 e. The summed E-state index contributed by atoms with van der Waals surface area (Å²) < 4.78 is 0. The molecule has 4 nitrogen and oxygen atoms in total. The topological polar surface area (TPSA) is 49.4 Å². The van der Waals surface area contributed by atoms with Crippen molar-refractivity contribution in [3.05, 3.63) is 105 Å². The van der Waals surface area contributed by atoms with Gasteiger partial charge < -0.3 is 10.2 Å². The molecule has 0 aliphatic heterocycles. The number of nitrogens with one attached hydrogen (secondary N) is 1. The van der Waals surface area contributed by atoms with E-state index in [0.717, 1.165) is 22.3 Å². The largest absolute Gasteiger partial charge is 0.354 e. The van der Waals surface area contributed by atoms with Gasteiger partial charge in [-0.15, -0.1) is 0 Å². The van der Waals surface area contributed by atoms with Crippen LogP contribution in [0.15, 0.2) is 66.7 Å². The Morgan fingerprint density at radius 2 is 1.61 bits per heavy atom. The standard InChI is InChI=1S/C30H34Cl2N2O2/c1-20(2)18-33-30(36)28(15-23-8-6-5-7-9-23)34(19-25-12-13-26(31)17-27(25)32)29(35)16-24-11-10-21(3)22(4)14-24/h5-14,17,20,28H,15-16,18-19H2,1-4H3,(H,33,36). The van der Waals surface area contributed by atoms with Crippen LogP contribution in [0.25, 0.3) is 0 Å². The summed E-state index contributed by atoms with van der Waals surface area (Å²) in [5, 5.41) is 4.03. The summed E-state index contributed by atoms with van der Waals surface area (Å²) in [6, 6.07) is 20.3. The Hall–Kier alpha value is -2.82. The van der Waals surface area contributed by atoms with Gasteiger partial charge in [-0.05, 0) is 59.7 Å². The van der Waals surface area contributed by atoms with Gasteiger partial charge in [-0.3, -0.25) is 9.59 Å². The predicted octanol–water partition coefficient (Wildman–Crippen LogP) is 6.57. The maximum absolute atomic E-state index is 13.8. The molecule has 3 aromatic carbocycles. The third-order valence-corrected chi connectivity index (χ3v) is 6.83. The highest BCUT2D eigenvalue weighted by Gasteiger charge is 2.31. The van der Waals surface area contributed by atoms with Gasteiger partial charge in [0.2, 0.25) is 11.8 Å². The Labute approximate surface area is 224 Å². The van der Waals surface area contributed by atoms with Crippen LogP contribution >= 0.6 is 23.2 Å². The molecule has 2 amide bonds. The van der Waals surface area contributed by atoms with Gasteiger partial charge >= 0.3 is 0 Å². The van der Waals surface area contributed by atoms with Crippen LogP contribution in [-0.2, 0) is 29.0 Å². The minimum atomic E-state index is -0.697. The zero-order valence-electron chi connectivity index (χ0n) is 21.4. The maximum Gasteiger partial charge on any atom is 0.243 e. The first-order chi connectivity index (χ1) is 17.1. The lowest BCUT2D eigenvalue weighted by atomic mass is 10.00. The smallest absolute Gasteiger partial charge is 0.243 e. The van der Waals surface area contributed by atoms with Crippen LogP contribution in [0, 0.1) is 19.8 Å². The molecule has 3 rings (SSSR count). The molecule has 1 unspecified atom stereocenters. The van der Waals surface area contributed by atoms with Crippen LogP contribution in [0.2, 0.25) is 10.0 Å². The van der Waals surface area contributed by atoms with E-state index in [2.05, 4.69) is 5.32 Å². The monoisotopic (exact) mass is 524 g/mol. The molecule has 0 fully saturated rings. The lowest BCUT2D eigenvalue weighted by Crippen LogP contribution is -2.51. The highest BCUT2D eigenvalue weighted by atomic mass is 35.5. The highest BCUT2D eigenvalue weighted by Crippen LogP contribution is 2.25. The zero-order chi connectivity index (χ0) is 26.2. The molecule has 0 spiro atoms. The predicted molar refractivity (Wildman–Crippen MR) is 148 cm³/mol. The van der Waals surface area contributed by atoms with E-state index in [-0.39, 0.29) is 30.7 Å². The molecule has 3 aromatic rings. The number of carbonyl (C=O) groups excluding carboxylic acids is 2. The summed E-state index contributed by atoms with van der Waals surface area (Å²) >= 11 is 12.6. The van der Waals surface area contributed by atoms with Gasteiger partial charge in [0.25, 0.3) is 0 Å². The molecule has 0 aromatic heterocycles. The lowest BCUT2D eigenvalue weighted by Gasteiger charge is -2.32. The molecule has 0 saturated carbocycles. The fraction of sp³-hybridized carbons (Fsp3) is 0.333. The molecule has 0 bridgehead atoms. The summed E-state index contributed by atoms with van der Waals surface area (Å²) in [6.45, 7) is 8.90. The van der Waals surface area contributed by atoms with Crippen LogP contribution in [-0.4, -0.2) is 29.3 Å². The SMILES string of the molecule is Cc1ccc(CC(=O)N(Cc2ccc(Cl)cc2Cl)C(Cc2ccccc2)C(=O)NCC(C)C)cc1C. The minimum absolute atomic E-state index is 0.134. The molecule has 1 atom stereocenters. The first-order valence-corrected chi connectivity index (χ1v) is 13.0. The first kappa shape index (κ1) is 27.8. The molecule has 36 heavy (non-hydrogen) atoms. The Morgan fingerprint density at radius 3 is 2.25 bits per heavy atom. The van der Waals surface area contributed by atoms with Crippen LogP contribution in [0.5, 0.6) is 0 Å². The van der Waals surface area contributed by atoms with Crippen molar-refractivity contribution in [2.45, 2.75) is 53.1 Å². The van der Waals surface area contributed by atoms with Crippen molar-refractivity contribution in [3.8, 4) is 0 Å². The number of amides is 2. The van der Waals surface area contributed by atoms with E-state index in [9.17, 15) is 9.59 Å². The van der Waals surface area contributed by atoms with Crippen molar-refractivity contribution in [2.24, 2.45) is 5.92 Å². The van der Waals surface area contributed by atoms with Gasteiger partial charge in [0.15, 0.2) is 0 Å². The molecular formula is C30H34Cl2N2O2. The third-order valence-electron chi connectivity index (χ3n) is 6.24. The Morgan fingerprint density at radius 1 is 0.889 bits per heavy atom. The highest BCUT2D eigenvalue weighted by molar-refractivity contribution is 6.35. The van der Waals surface area contributed by atoms with Crippen molar-refractivity contribution in [2.75, 3.05) is 6.54 Å². The van der Waals surface area contributed by atoms with Crippen molar-refractivity contribution in [1.82, 2.24) is 10.2 Å². The Kier molecular flexibility index (Phi) is 9.98. The number of carbonyl (C=O) groups is 2. The number of hydrogen-bond donors (Lipinski definition) is 1. The molecule has 0 heterocycles. The number of benzene rings is 3. The maximum atomic E-state index is 13.8. The molecular weight excluding hydrogens is 491 g/mol. The van der Waals surface area contributed by atoms with Crippen molar-refractivity contribution < 1.29 is 9.59 Å². The average Bonchev–Trinajstić information content (AvgIpc) is 2.84. The van der Waals surface area contributed by atoms with Crippen molar-refractivity contribution in [1.29, 1.82) is 0 Å². The Balaban J connectivity index is 1.99. The van der Waals surface area contributed by atoms with Gasteiger partial charge in [0.05, 0.1) is 6.42 Å². The van der Waals surface area contributed by atoms with Crippen LogP contribution in [0.3, 0.4) is 0 Å². The summed E-state index contributed by atoms with van der Waals surface area (Å²) in [5.74, 6) is -0.0207. The van der Waals surface area contributed by atoms with E-state index in [0.29, 0.717) is 23.0 Å². The first-order valence-electron chi connectivity index (χ1n) is 12.2. The zero-order valence-corrected chi connectivity index (χ0v) is 22.9. The molecule has 0 aliphatic carbocycles. The summed E-state index contributed by atoms with van der Waals surface area (Å²) in [7, 11) is 0. The van der Waals surface area contributed by atoms with Crippen molar-refractivity contribution >= 4 is 35.0 Å². The van der Waals surface area contributed by atoms with Crippen LogP contribution < -0.4 is 5.32 Å². The number of hydrogen-bond acceptors (Lipinski definition) is 2. The van der Waals surface area contributed by atoms with E-state index in [1.165, 1.54) is 5.56 Å². The molecule has 0 aliphatic rings. The number of aryl methyl sites for hydroxylation is 2.